The first-order valence-corrected chi connectivity index (χ1v) is 8.70. The molecule has 0 bridgehead atoms. The molecule has 2 N–H and O–H groups in total. The van der Waals surface area contributed by atoms with Gasteiger partial charge in [-0.15, -0.1) is 11.3 Å². The third-order valence-electron chi connectivity index (χ3n) is 5.35. The van der Waals surface area contributed by atoms with Crippen molar-refractivity contribution in [3.63, 3.8) is 0 Å². The fourth-order valence-electron chi connectivity index (χ4n) is 3.73. The molecule has 2 aliphatic heterocycles. The first-order valence-electron chi connectivity index (χ1n) is 7.82. The van der Waals surface area contributed by atoms with Gasteiger partial charge in [0.25, 0.3) is 0 Å². The van der Waals surface area contributed by atoms with Crippen LogP contribution < -0.4 is 5.73 Å². The summed E-state index contributed by atoms with van der Waals surface area (Å²) < 4.78 is 5.48. The minimum atomic E-state index is -0.555. The van der Waals surface area contributed by atoms with Crippen LogP contribution in [0.2, 0.25) is 0 Å². The van der Waals surface area contributed by atoms with Crippen LogP contribution in [0.5, 0.6) is 0 Å². The standard InChI is InChI=1S/C16H22N2O2S/c1-16(9-20-8-13(16)17)15(19)18-6-4-12-11(5-7-21-12)14(18)10-2-3-10/h5,7,10,13-14H,2-4,6,8-9,17H2,1H3. The predicted octanol–water partition coefficient (Wildman–Crippen LogP) is 1.95. The fourth-order valence-corrected chi connectivity index (χ4v) is 4.64. The molecule has 3 aliphatic rings. The summed E-state index contributed by atoms with van der Waals surface area (Å²) in [5.74, 6) is 0.839. The van der Waals surface area contributed by atoms with Gasteiger partial charge < -0.3 is 15.4 Å². The normalized spacial score (nSPS) is 35.8. The van der Waals surface area contributed by atoms with E-state index in [0.717, 1.165) is 13.0 Å². The molecular weight excluding hydrogens is 284 g/mol. The van der Waals surface area contributed by atoms with E-state index < -0.39 is 5.41 Å². The molecule has 1 saturated carbocycles. The van der Waals surface area contributed by atoms with Gasteiger partial charge >= 0.3 is 0 Å². The average molecular weight is 306 g/mol. The molecule has 3 heterocycles. The van der Waals surface area contributed by atoms with E-state index in [2.05, 4.69) is 16.3 Å². The third kappa shape index (κ3) is 2.05. The Labute approximate surface area is 129 Å². The summed E-state index contributed by atoms with van der Waals surface area (Å²) >= 11 is 1.83. The Morgan fingerprint density at radius 3 is 3.00 bits per heavy atom. The lowest BCUT2D eigenvalue weighted by molar-refractivity contribution is -0.145. The summed E-state index contributed by atoms with van der Waals surface area (Å²) in [6.07, 6.45) is 3.46. The number of nitrogens with zero attached hydrogens (tertiary/aromatic N) is 1. The van der Waals surface area contributed by atoms with Crippen molar-refractivity contribution in [2.24, 2.45) is 17.1 Å². The minimum Gasteiger partial charge on any atom is -0.379 e. The molecular formula is C16H22N2O2S. The number of ether oxygens (including phenoxy) is 1. The summed E-state index contributed by atoms with van der Waals surface area (Å²) in [4.78, 5) is 16.8. The van der Waals surface area contributed by atoms with Gasteiger partial charge in [-0.05, 0) is 49.1 Å². The zero-order chi connectivity index (χ0) is 14.6. The van der Waals surface area contributed by atoms with E-state index in [9.17, 15) is 4.79 Å². The topological polar surface area (TPSA) is 55.6 Å². The molecule has 0 aromatic carbocycles. The lowest BCUT2D eigenvalue weighted by Crippen LogP contribution is -2.54. The maximum absolute atomic E-state index is 13.2. The first kappa shape index (κ1) is 13.7. The average Bonchev–Trinajstić information content (AvgIpc) is 3.10. The van der Waals surface area contributed by atoms with Gasteiger partial charge in [0.2, 0.25) is 5.91 Å². The monoisotopic (exact) mass is 306 g/mol. The SMILES string of the molecule is CC1(C(=O)N2CCc3sccc3C2C2CC2)COCC1N. The molecule has 0 radical (unpaired) electrons. The lowest BCUT2D eigenvalue weighted by atomic mass is 9.82. The predicted molar refractivity (Wildman–Crippen MR) is 82.1 cm³/mol. The largest absolute Gasteiger partial charge is 0.379 e. The molecule has 1 aliphatic carbocycles. The Morgan fingerprint density at radius 2 is 2.33 bits per heavy atom. The van der Waals surface area contributed by atoms with Gasteiger partial charge in [-0.2, -0.15) is 0 Å². The Kier molecular flexibility index (Phi) is 3.14. The van der Waals surface area contributed by atoms with Gasteiger partial charge in [0.15, 0.2) is 0 Å². The van der Waals surface area contributed by atoms with Gasteiger partial charge in [-0.3, -0.25) is 4.79 Å². The van der Waals surface area contributed by atoms with Gasteiger partial charge in [-0.1, -0.05) is 0 Å². The maximum atomic E-state index is 13.2. The van der Waals surface area contributed by atoms with Crippen molar-refractivity contribution >= 4 is 17.2 Å². The van der Waals surface area contributed by atoms with Crippen molar-refractivity contribution in [2.75, 3.05) is 19.8 Å². The van der Waals surface area contributed by atoms with Gasteiger partial charge in [0, 0.05) is 17.5 Å². The van der Waals surface area contributed by atoms with Crippen LogP contribution in [0.15, 0.2) is 11.4 Å². The molecule has 1 saturated heterocycles. The second kappa shape index (κ2) is 4.80. The molecule has 1 amide bonds. The number of amides is 1. The Hall–Kier alpha value is -0.910. The first-order chi connectivity index (χ1) is 10.1. The van der Waals surface area contributed by atoms with Crippen LogP contribution in [0.3, 0.4) is 0 Å². The summed E-state index contributed by atoms with van der Waals surface area (Å²) in [6, 6.07) is 2.31. The third-order valence-corrected chi connectivity index (χ3v) is 6.35. The molecule has 114 valence electrons. The highest BCUT2D eigenvalue weighted by Crippen LogP contribution is 2.49. The van der Waals surface area contributed by atoms with E-state index in [4.69, 9.17) is 10.5 Å². The molecule has 3 unspecified atom stereocenters. The van der Waals surface area contributed by atoms with E-state index in [0.29, 0.717) is 19.1 Å². The van der Waals surface area contributed by atoms with E-state index >= 15 is 0 Å². The number of carbonyl (C=O) groups is 1. The number of thiophene rings is 1. The molecule has 4 nitrogen and oxygen atoms in total. The molecule has 5 heteroatoms. The van der Waals surface area contributed by atoms with E-state index in [1.165, 1.54) is 23.3 Å². The Bertz CT molecular complexity index is 568. The van der Waals surface area contributed by atoms with Crippen molar-refractivity contribution in [3.8, 4) is 0 Å². The number of nitrogens with two attached hydrogens (primary N) is 1. The zero-order valence-corrected chi connectivity index (χ0v) is 13.2. The molecule has 21 heavy (non-hydrogen) atoms. The molecule has 3 atom stereocenters. The van der Waals surface area contributed by atoms with Gasteiger partial charge in [0.05, 0.1) is 24.7 Å². The van der Waals surface area contributed by atoms with Crippen LogP contribution in [0.25, 0.3) is 0 Å². The molecule has 0 spiro atoms. The molecule has 1 aromatic heterocycles. The number of fused-ring (bicyclic) bond motifs is 1. The summed E-state index contributed by atoms with van der Waals surface area (Å²) in [5.41, 5.74) is 6.99. The van der Waals surface area contributed by atoms with Crippen molar-refractivity contribution in [1.82, 2.24) is 4.90 Å². The highest BCUT2D eigenvalue weighted by Gasteiger charge is 2.50. The highest BCUT2D eigenvalue weighted by molar-refractivity contribution is 7.10. The van der Waals surface area contributed by atoms with Gasteiger partial charge in [0.1, 0.15) is 0 Å². The minimum absolute atomic E-state index is 0.186. The van der Waals surface area contributed by atoms with E-state index in [1.54, 1.807) is 0 Å². The number of hydrogen-bond donors (Lipinski definition) is 1. The smallest absolute Gasteiger partial charge is 0.233 e. The van der Waals surface area contributed by atoms with Crippen molar-refractivity contribution in [1.29, 1.82) is 0 Å². The number of rotatable bonds is 2. The quantitative estimate of drug-likeness (QED) is 0.908. The Morgan fingerprint density at radius 1 is 1.52 bits per heavy atom. The molecule has 1 aromatic rings. The second-order valence-corrected chi connectivity index (χ2v) is 7.87. The summed E-state index contributed by atoms with van der Waals surface area (Å²) in [5, 5.41) is 2.17. The van der Waals surface area contributed by atoms with Gasteiger partial charge in [-0.25, -0.2) is 0 Å². The van der Waals surface area contributed by atoms with Crippen molar-refractivity contribution in [2.45, 2.75) is 38.3 Å². The highest BCUT2D eigenvalue weighted by atomic mass is 32.1. The Balaban J connectivity index is 1.67. The number of carbonyl (C=O) groups excluding carboxylic acids is 1. The van der Waals surface area contributed by atoms with Crippen molar-refractivity contribution in [3.05, 3.63) is 21.9 Å². The summed E-state index contributed by atoms with van der Waals surface area (Å²) in [6.45, 7) is 3.75. The van der Waals surface area contributed by atoms with E-state index in [1.807, 2.05) is 18.3 Å². The molecule has 4 rings (SSSR count). The maximum Gasteiger partial charge on any atom is 0.233 e. The van der Waals surface area contributed by atoms with Crippen LogP contribution in [0.4, 0.5) is 0 Å². The van der Waals surface area contributed by atoms with Crippen LogP contribution in [0.1, 0.15) is 36.2 Å². The summed E-state index contributed by atoms with van der Waals surface area (Å²) in [7, 11) is 0. The van der Waals surface area contributed by atoms with Crippen LogP contribution in [-0.4, -0.2) is 36.6 Å². The van der Waals surface area contributed by atoms with Crippen LogP contribution in [0, 0.1) is 11.3 Å². The van der Waals surface area contributed by atoms with Crippen LogP contribution in [-0.2, 0) is 16.0 Å². The van der Waals surface area contributed by atoms with Crippen molar-refractivity contribution < 1.29 is 9.53 Å². The van der Waals surface area contributed by atoms with E-state index in [-0.39, 0.29) is 18.0 Å². The lowest BCUT2D eigenvalue weighted by Gasteiger charge is -2.41. The second-order valence-electron chi connectivity index (χ2n) is 6.87. The molecule has 2 fully saturated rings. The van der Waals surface area contributed by atoms with Crippen LogP contribution >= 0.6 is 11.3 Å². The number of hydrogen-bond acceptors (Lipinski definition) is 4. The fraction of sp³-hybridized carbons (Fsp3) is 0.688. The zero-order valence-electron chi connectivity index (χ0n) is 12.4.